The number of phenols is 1. The molecule has 6 heteroatoms. The Kier molecular flexibility index (Phi) is 4.34. The quantitative estimate of drug-likeness (QED) is 0.897. The molecule has 0 radical (unpaired) electrons. The first-order chi connectivity index (χ1) is 7.88. The third-order valence-electron chi connectivity index (χ3n) is 2.38. The fourth-order valence-electron chi connectivity index (χ4n) is 1.40. The third kappa shape index (κ3) is 2.88. The molecule has 0 spiro atoms. The number of carbonyl (C=O) groups is 1. The second kappa shape index (κ2) is 5.35. The summed E-state index contributed by atoms with van der Waals surface area (Å²) in [6.07, 6.45) is 0.0937. The van der Waals surface area contributed by atoms with E-state index in [9.17, 15) is 14.3 Å². The van der Waals surface area contributed by atoms with Crippen LogP contribution in [-0.4, -0.2) is 23.3 Å². The van der Waals surface area contributed by atoms with Crippen molar-refractivity contribution in [3.05, 3.63) is 21.9 Å². The second-order valence-electron chi connectivity index (χ2n) is 3.66. The van der Waals surface area contributed by atoms with E-state index in [2.05, 4.69) is 15.9 Å². The Morgan fingerprint density at radius 1 is 1.65 bits per heavy atom. The molecule has 17 heavy (non-hydrogen) atoms. The SMILES string of the molecule is COc1c(O)c(CC(C)C(=O)O)cc(Br)c1F. The Bertz CT molecular complexity index is 448. The van der Waals surface area contributed by atoms with Crippen LogP contribution in [0.2, 0.25) is 0 Å². The summed E-state index contributed by atoms with van der Waals surface area (Å²) in [5, 5.41) is 18.5. The summed E-state index contributed by atoms with van der Waals surface area (Å²) in [6.45, 7) is 1.51. The van der Waals surface area contributed by atoms with Gasteiger partial charge in [-0.3, -0.25) is 4.79 Å². The van der Waals surface area contributed by atoms with Crippen molar-refractivity contribution in [2.75, 3.05) is 7.11 Å². The molecule has 0 aliphatic carbocycles. The molecule has 1 unspecified atom stereocenters. The van der Waals surface area contributed by atoms with Gasteiger partial charge in [-0.2, -0.15) is 0 Å². The Morgan fingerprint density at radius 2 is 2.24 bits per heavy atom. The average Bonchev–Trinajstić information content (AvgIpc) is 2.26. The first-order valence-electron chi connectivity index (χ1n) is 4.85. The van der Waals surface area contributed by atoms with Crippen molar-refractivity contribution < 1.29 is 24.1 Å². The van der Waals surface area contributed by atoms with Gasteiger partial charge >= 0.3 is 5.97 Å². The van der Waals surface area contributed by atoms with E-state index in [-0.39, 0.29) is 22.4 Å². The van der Waals surface area contributed by atoms with Crippen LogP contribution >= 0.6 is 15.9 Å². The highest BCUT2D eigenvalue weighted by Crippen LogP contribution is 2.38. The van der Waals surface area contributed by atoms with E-state index >= 15 is 0 Å². The lowest BCUT2D eigenvalue weighted by atomic mass is 10.00. The molecule has 0 saturated carbocycles. The van der Waals surface area contributed by atoms with Gasteiger partial charge < -0.3 is 14.9 Å². The first kappa shape index (κ1) is 13.8. The van der Waals surface area contributed by atoms with Gasteiger partial charge in [-0.1, -0.05) is 6.92 Å². The lowest BCUT2D eigenvalue weighted by molar-refractivity contribution is -0.141. The molecule has 4 nitrogen and oxygen atoms in total. The topological polar surface area (TPSA) is 66.8 Å². The minimum Gasteiger partial charge on any atom is -0.504 e. The highest BCUT2D eigenvalue weighted by molar-refractivity contribution is 9.10. The van der Waals surface area contributed by atoms with Crippen LogP contribution in [0.3, 0.4) is 0 Å². The number of halogens is 2. The standard InChI is InChI=1S/C11H12BrFO4/c1-5(11(15)16)3-6-4-7(12)8(13)10(17-2)9(6)14/h4-5,14H,3H2,1-2H3,(H,15,16). The highest BCUT2D eigenvalue weighted by atomic mass is 79.9. The van der Waals surface area contributed by atoms with Gasteiger partial charge in [0.05, 0.1) is 17.5 Å². The molecular formula is C11H12BrFO4. The summed E-state index contributed by atoms with van der Waals surface area (Å²) >= 11 is 2.99. The molecule has 0 heterocycles. The first-order valence-corrected chi connectivity index (χ1v) is 5.64. The number of phenolic OH excluding ortho intramolecular Hbond substituents is 1. The third-order valence-corrected chi connectivity index (χ3v) is 2.96. The zero-order valence-corrected chi connectivity index (χ0v) is 10.9. The predicted molar refractivity (Wildman–Crippen MR) is 62.8 cm³/mol. The summed E-state index contributed by atoms with van der Waals surface area (Å²) in [6, 6.07) is 1.35. The van der Waals surface area contributed by atoms with Crippen LogP contribution in [0, 0.1) is 11.7 Å². The van der Waals surface area contributed by atoms with Gasteiger partial charge in [0.25, 0.3) is 0 Å². The van der Waals surface area contributed by atoms with Gasteiger partial charge in [0, 0.05) is 0 Å². The minimum atomic E-state index is -0.983. The zero-order chi connectivity index (χ0) is 13.2. The summed E-state index contributed by atoms with van der Waals surface area (Å²) in [5.74, 6) is -3.02. The minimum absolute atomic E-state index is 0.0937. The van der Waals surface area contributed by atoms with Crippen molar-refractivity contribution in [3.63, 3.8) is 0 Å². The van der Waals surface area contributed by atoms with Crippen LogP contribution in [-0.2, 0) is 11.2 Å². The van der Waals surface area contributed by atoms with E-state index in [1.165, 1.54) is 20.1 Å². The van der Waals surface area contributed by atoms with Crippen molar-refractivity contribution in [1.82, 2.24) is 0 Å². The molecule has 94 valence electrons. The van der Waals surface area contributed by atoms with Gasteiger partial charge in [-0.05, 0) is 34.0 Å². The maximum absolute atomic E-state index is 13.5. The summed E-state index contributed by atoms with van der Waals surface area (Å²) in [4.78, 5) is 10.7. The molecule has 1 rings (SSSR count). The highest BCUT2D eigenvalue weighted by Gasteiger charge is 2.20. The number of ether oxygens (including phenoxy) is 1. The van der Waals surface area contributed by atoms with Gasteiger partial charge in [0.2, 0.25) is 0 Å². The van der Waals surface area contributed by atoms with E-state index in [4.69, 9.17) is 9.84 Å². The van der Waals surface area contributed by atoms with E-state index in [0.29, 0.717) is 5.56 Å². The number of benzene rings is 1. The smallest absolute Gasteiger partial charge is 0.306 e. The Labute approximate surface area is 106 Å². The van der Waals surface area contributed by atoms with E-state index < -0.39 is 17.7 Å². The van der Waals surface area contributed by atoms with Gasteiger partial charge in [-0.25, -0.2) is 4.39 Å². The molecular weight excluding hydrogens is 295 g/mol. The average molecular weight is 307 g/mol. The fraction of sp³-hybridized carbons (Fsp3) is 0.364. The fourth-order valence-corrected chi connectivity index (χ4v) is 1.86. The van der Waals surface area contributed by atoms with E-state index in [1.54, 1.807) is 0 Å². The molecule has 0 fully saturated rings. The number of aromatic hydroxyl groups is 1. The van der Waals surface area contributed by atoms with Crippen molar-refractivity contribution in [3.8, 4) is 11.5 Å². The van der Waals surface area contributed by atoms with Gasteiger partial charge in [0.15, 0.2) is 17.3 Å². The number of rotatable bonds is 4. The molecule has 1 aromatic carbocycles. The molecule has 0 aliphatic heterocycles. The Hall–Kier alpha value is -1.30. The van der Waals surface area contributed by atoms with E-state index in [1.807, 2.05) is 0 Å². The van der Waals surface area contributed by atoms with Crippen LogP contribution < -0.4 is 4.74 Å². The largest absolute Gasteiger partial charge is 0.504 e. The van der Waals surface area contributed by atoms with Crippen molar-refractivity contribution in [2.24, 2.45) is 5.92 Å². The van der Waals surface area contributed by atoms with Crippen molar-refractivity contribution in [1.29, 1.82) is 0 Å². The van der Waals surface area contributed by atoms with Crippen molar-refractivity contribution >= 4 is 21.9 Å². The maximum Gasteiger partial charge on any atom is 0.306 e. The molecule has 1 atom stereocenters. The van der Waals surface area contributed by atoms with E-state index in [0.717, 1.165) is 0 Å². The maximum atomic E-state index is 13.5. The zero-order valence-electron chi connectivity index (χ0n) is 9.33. The number of aliphatic carboxylic acids is 1. The monoisotopic (exact) mass is 306 g/mol. The number of hydrogen-bond donors (Lipinski definition) is 2. The number of hydrogen-bond acceptors (Lipinski definition) is 3. The number of methoxy groups -OCH3 is 1. The molecule has 0 saturated heterocycles. The summed E-state index contributed by atoms with van der Waals surface area (Å²) in [7, 11) is 1.23. The Morgan fingerprint density at radius 3 is 2.71 bits per heavy atom. The lowest BCUT2D eigenvalue weighted by Gasteiger charge is -2.13. The van der Waals surface area contributed by atoms with Crippen molar-refractivity contribution in [2.45, 2.75) is 13.3 Å². The molecule has 1 aromatic rings. The van der Waals surface area contributed by atoms with Crippen LogP contribution in [0.5, 0.6) is 11.5 Å². The van der Waals surface area contributed by atoms with Crippen LogP contribution in [0.25, 0.3) is 0 Å². The van der Waals surface area contributed by atoms with Gasteiger partial charge in [-0.15, -0.1) is 0 Å². The molecule has 0 aromatic heterocycles. The number of carboxylic acid groups (broad SMARTS) is 1. The van der Waals surface area contributed by atoms with Gasteiger partial charge in [0.1, 0.15) is 0 Å². The lowest BCUT2D eigenvalue weighted by Crippen LogP contribution is -2.12. The molecule has 2 N–H and O–H groups in total. The summed E-state index contributed by atoms with van der Waals surface area (Å²) in [5.41, 5.74) is 0.324. The van der Waals surface area contributed by atoms with Crippen LogP contribution in [0.4, 0.5) is 4.39 Å². The normalized spacial score (nSPS) is 12.2. The molecule has 0 bridgehead atoms. The Balaban J connectivity index is 3.17. The predicted octanol–water partition coefficient (Wildman–Crippen LogP) is 2.57. The second-order valence-corrected chi connectivity index (χ2v) is 4.51. The summed E-state index contributed by atoms with van der Waals surface area (Å²) < 4.78 is 18.4. The molecule has 0 amide bonds. The molecule has 0 aliphatic rings. The number of carboxylic acids is 1. The van der Waals surface area contributed by atoms with Crippen LogP contribution in [0.15, 0.2) is 10.5 Å². The van der Waals surface area contributed by atoms with Crippen LogP contribution in [0.1, 0.15) is 12.5 Å².